The van der Waals surface area contributed by atoms with Gasteiger partial charge in [-0.2, -0.15) is 4.31 Å². The van der Waals surface area contributed by atoms with E-state index in [0.717, 1.165) is 24.6 Å². The molecule has 0 bridgehead atoms. The summed E-state index contributed by atoms with van der Waals surface area (Å²) in [7, 11) is -3.45. The molecular weight excluding hydrogens is 404 g/mol. The number of furan rings is 1. The molecule has 1 aliphatic rings. The number of benzene rings is 2. The summed E-state index contributed by atoms with van der Waals surface area (Å²) in [6.45, 7) is 1.70. The van der Waals surface area contributed by atoms with Gasteiger partial charge in [0.1, 0.15) is 17.9 Å². The van der Waals surface area contributed by atoms with E-state index in [1.54, 1.807) is 34.6 Å². The molecule has 1 amide bonds. The number of nitrogens with zero attached hydrogens (tertiary/aromatic N) is 1. The van der Waals surface area contributed by atoms with Gasteiger partial charge in [-0.3, -0.25) is 4.79 Å². The van der Waals surface area contributed by atoms with E-state index in [0.29, 0.717) is 31.0 Å². The zero-order valence-corrected chi connectivity index (χ0v) is 17.4. The first-order chi connectivity index (χ1) is 14.5. The average Bonchev–Trinajstić information content (AvgIpc) is 3.22. The Morgan fingerprint density at radius 3 is 2.50 bits per heavy atom. The summed E-state index contributed by atoms with van der Waals surface area (Å²) in [6.07, 6.45) is 2.88. The Hall–Kier alpha value is -2.84. The molecule has 4 rings (SSSR count). The van der Waals surface area contributed by atoms with E-state index in [-0.39, 0.29) is 23.2 Å². The number of para-hydroxylation sites is 1. The van der Waals surface area contributed by atoms with Crippen molar-refractivity contribution in [1.82, 2.24) is 9.62 Å². The van der Waals surface area contributed by atoms with Crippen molar-refractivity contribution in [1.29, 1.82) is 0 Å². The van der Waals surface area contributed by atoms with E-state index in [4.69, 9.17) is 9.15 Å². The second kappa shape index (κ2) is 8.89. The van der Waals surface area contributed by atoms with Crippen molar-refractivity contribution in [3.63, 3.8) is 0 Å². The van der Waals surface area contributed by atoms with Gasteiger partial charge in [0.2, 0.25) is 10.0 Å². The summed E-state index contributed by atoms with van der Waals surface area (Å²) in [5.41, 5.74) is 0.665. The third-order valence-corrected chi connectivity index (χ3v) is 7.00. The Morgan fingerprint density at radius 2 is 1.77 bits per heavy atom. The van der Waals surface area contributed by atoms with Crippen LogP contribution >= 0.6 is 0 Å². The predicted octanol–water partition coefficient (Wildman–Crippen LogP) is 3.42. The first kappa shape index (κ1) is 20.4. The van der Waals surface area contributed by atoms with Crippen LogP contribution in [0.1, 0.15) is 29.8 Å². The van der Waals surface area contributed by atoms with Crippen LogP contribution in [0.2, 0.25) is 0 Å². The lowest BCUT2D eigenvalue weighted by molar-refractivity contribution is 0.0921. The summed E-state index contributed by atoms with van der Waals surface area (Å²) in [5.74, 6) is 0.492. The number of piperidine rings is 1. The molecule has 2 heterocycles. The van der Waals surface area contributed by atoms with Crippen molar-refractivity contribution >= 4 is 26.9 Å². The Bertz CT molecular complexity index is 1080. The number of carbonyl (C=O) groups is 1. The summed E-state index contributed by atoms with van der Waals surface area (Å²) >= 11 is 0. The molecule has 7 nitrogen and oxygen atoms in total. The standard InChI is InChI=1S/C22H24N2O5S/c25-22(21-16-17-6-2-3-7-20(17)29-21)23-12-15-28-18-8-10-19(11-9-18)30(26,27)24-13-4-1-5-14-24/h2-3,6-11,16H,1,4-5,12-15H2,(H,23,25). The molecule has 30 heavy (non-hydrogen) atoms. The van der Waals surface area contributed by atoms with E-state index in [1.165, 1.54) is 0 Å². The van der Waals surface area contributed by atoms with Gasteiger partial charge in [-0.15, -0.1) is 0 Å². The maximum Gasteiger partial charge on any atom is 0.287 e. The molecule has 0 saturated carbocycles. The first-order valence-electron chi connectivity index (χ1n) is 10.0. The lowest BCUT2D eigenvalue weighted by atomic mass is 10.2. The number of fused-ring (bicyclic) bond motifs is 1. The fraction of sp³-hybridized carbons (Fsp3) is 0.318. The average molecular weight is 429 g/mol. The summed E-state index contributed by atoms with van der Waals surface area (Å²) in [4.78, 5) is 12.5. The van der Waals surface area contributed by atoms with Gasteiger partial charge in [-0.25, -0.2) is 8.42 Å². The third-order valence-electron chi connectivity index (χ3n) is 5.08. The molecule has 0 aliphatic carbocycles. The minimum absolute atomic E-state index is 0.253. The molecule has 0 atom stereocenters. The van der Waals surface area contributed by atoms with Gasteiger partial charge in [-0.05, 0) is 49.2 Å². The number of carbonyl (C=O) groups excluding carboxylic acids is 1. The Labute approximate surface area is 175 Å². The molecular formula is C22H24N2O5S. The van der Waals surface area contributed by atoms with Crippen molar-refractivity contribution < 1.29 is 22.4 Å². The Morgan fingerprint density at radius 1 is 1.03 bits per heavy atom. The van der Waals surface area contributed by atoms with Crippen LogP contribution in [0.4, 0.5) is 0 Å². The number of hydrogen-bond acceptors (Lipinski definition) is 5. The highest BCUT2D eigenvalue weighted by atomic mass is 32.2. The zero-order valence-electron chi connectivity index (χ0n) is 16.5. The highest BCUT2D eigenvalue weighted by molar-refractivity contribution is 7.89. The molecule has 1 aliphatic heterocycles. The van der Waals surface area contributed by atoms with E-state index in [1.807, 2.05) is 24.3 Å². The van der Waals surface area contributed by atoms with Crippen LogP contribution < -0.4 is 10.1 Å². The van der Waals surface area contributed by atoms with Gasteiger partial charge in [0.05, 0.1) is 11.4 Å². The van der Waals surface area contributed by atoms with Crippen molar-refractivity contribution in [2.24, 2.45) is 0 Å². The molecule has 0 spiro atoms. The molecule has 8 heteroatoms. The number of ether oxygens (including phenoxy) is 1. The molecule has 1 N–H and O–H groups in total. The molecule has 0 radical (unpaired) electrons. The summed E-state index contributed by atoms with van der Waals surface area (Å²) in [6, 6.07) is 15.5. The Balaban J connectivity index is 1.27. The minimum atomic E-state index is -3.45. The fourth-order valence-corrected chi connectivity index (χ4v) is 4.99. The second-order valence-corrected chi connectivity index (χ2v) is 9.13. The molecule has 2 aromatic carbocycles. The van der Waals surface area contributed by atoms with Crippen LogP contribution in [0.5, 0.6) is 5.75 Å². The topological polar surface area (TPSA) is 88.8 Å². The smallest absolute Gasteiger partial charge is 0.287 e. The van der Waals surface area contributed by atoms with Crippen LogP contribution in [0.3, 0.4) is 0 Å². The van der Waals surface area contributed by atoms with Crippen LogP contribution in [0.25, 0.3) is 11.0 Å². The van der Waals surface area contributed by atoms with Gasteiger partial charge in [-0.1, -0.05) is 24.6 Å². The van der Waals surface area contributed by atoms with E-state index >= 15 is 0 Å². The van der Waals surface area contributed by atoms with E-state index < -0.39 is 10.0 Å². The van der Waals surface area contributed by atoms with Crippen LogP contribution in [0, 0.1) is 0 Å². The van der Waals surface area contributed by atoms with Gasteiger partial charge in [0.25, 0.3) is 5.91 Å². The largest absolute Gasteiger partial charge is 0.492 e. The molecule has 1 fully saturated rings. The van der Waals surface area contributed by atoms with Gasteiger partial charge < -0.3 is 14.5 Å². The normalized spacial score (nSPS) is 15.2. The molecule has 3 aromatic rings. The summed E-state index contributed by atoms with van der Waals surface area (Å²) < 4.78 is 38.0. The summed E-state index contributed by atoms with van der Waals surface area (Å²) in [5, 5.41) is 3.62. The second-order valence-electron chi connectivity index (χ2n) is 7.19. The molecule has 0 unspecified atom stereocenters. The van der Waals surface area contributed by atoms with Crippen LogP contribution in [0.15, 0.2) is 63.9 Å². The lowest BCUT2D eigenvalue weighted by Gasteiger charge is -2.25. The first-order valence-corrected chi connectivity index (χ1v) is 11.5. The number of sulfonamides is 1. The molecule has 158 valence electrons. The highest BCUT2D eigenvalue weighted by Gasteiger charge is 2.25. The monoisotopic (exact) mass is 428 g/mol. The number of amides is 1. The zero-order chi connectivity index (χ0) is 21.0. The van der Waals surface area contributed by atoms with Crippen molar-refractivity contribution in [3.8, 4) is 5.75 Å². The van der Waals surface area contributed by atoms with E-state index in [9.17, 15) is 13.2 Å². The van der Waals surface area contributed by atoms with Gasteiger partial charge in [0.15, 0.2) is 5.76 Å². The van der Waals surface area contributed by atoms with Crippen LogP contribution in [-0.4, -0.2) is 44.9 Å². The SMILES string of the molecule is O=C(NCCOc1ccc(S(=O)(=O)N2CCCCC2)cc1)c1cc2ccccc2o1. The number of rotatable bonds is 7. The van der Waals surface area contributed by atoms with Crippen molar-refractivity contribution in [2.45, 2.75) is 24.2 Å². The number of hydrogen-bond donors (Lipinski definition) is 1. The molecule has 1 saturated heterocycles. The van der Waals surface area contributed by atoms with Gasteiger partial charge >= 0.3 is 0 Å². The van der Waals surface area contributed by atoms with Crippen molar-refractivity contribution in [3.05, 3.63) is 60.4 Å². The van der Waals surface area contributed by atoms with Gasteiger partial charge in [0, 0.05) is 18.5 Å². The van der Waals surface area contributed by atoms with Crippen LogP contribution in [-0.2, 0) is 10.0 Å². The predicted molar refractivity (Wildman–Crippen MR) is 113 cm³/mol. The number of nitrogens with one attached hydrogen (secondary N) is 1. The third kappa shape index (κ3) is 4.49. The van der Waals surface area contributed by atoms with Crippen molar-refractivity contribution in [2.75, 3.05) is 26.2 Å². The fourth-order valence-electron chi connectivity index (χ4n) is 3.48. The highest BCUT2D eigenvalue weighted by Crippen LogP contribution is 2.23. The maximum atomic E-state index is 12.7. The maximum absolute atomic E-state index is 12.7. The quantitative estimate of drug-likeness (QED) is 0.583. The minimum Gasteiger partial charge on any atom is -0.492 e. The lowest BCUT2D eigenvalue weighted by Crippen LogP contribution is -2.35. The Kier molecular flexibility index (Phi) is 6.06. The van der Waals surface area contributed by atoms with E-state index in [2.05, 4.69) is 5.32 Å². The molecule has 1 aromatic heterocycles.